The Morgan fingerprint density at radius 2 is 1.84 bits per heavy atom. The van der Waals surface area contributed by atoms with E-state index in [9.17, 15) is 4.79 Å². The smallest absolute Gasteiger partial charge is 0.242 e. The summed E-state index contributed by atoms with van der Waals surface area (Å²) in [6, 6.07) is 12.5. The normalized spacial score (nSPS) is 17.6. The summed E-state index contributed by atoms with van der Waals surface area (Å²) in [6.07, 6.45) is 4.77. The van der Waals surface area contributed by atoms with E-state index < -0.39 is 0 Å². The number of fused-ring (bicyclic) bond motifs is 1. The van der Waals surface area contributed by atoms with Crippen molar-refractivity contribution in [2.75, 3.05) is 44.2 Å². The number of hydrogen-bond acceptors (Lipinski definition) is 4. The van der Waals surface area contributed by atoms with Crippen molar-refractivity contribution in [3.63, 3.8) is 0 Å². The summed E-state index contributed by atoms with van der Waals surface area (Å²) >= 11 is 0. The second-order valence-electron chi connectivity index (χ2n) is 6.82. The first-order valence-corrected chi connectivity index (χ1v) is 9.01. The third-order valence-electron chi connectivity index (χ3n) is 5.16. The van der Waals surface area contributed by atoms with E-state index in [2.05, 4.69) is 45.1 Å². The number of pyridine rings is 1. The molecule has 0 atom stereocenters. The standard InChI is InChI=1S/C20H24N4O/c25-20(16-24-9-7-18-5-1-2-6-19(18)24)23-12-10-22(11-13-23)15-17-4-3-8-21-14-17/h1-6,8,14H,7,9-13,15-16H2. The van der Waals surface area contributed by atoms with Crippen molar-refractivity contribution >= 4 is 11.6 Å². The van der Waals surface area contributed by atoms with Crippen molar-refractivity contribution in [1.29, 1.82) is 0 Å². The van der Waals surface area contributed by atoms with Gasteiger partial charge in [-0.3, -0.25) is 14.7 Å². The number of piperazine rings is 1. The number of amides is 1. The molecule has 0 N–H and O–H groups in total. The monoisotopic (exact) mass is 336 g/mol. The van der Waals surface area contributed by atoms with Gasteiger partial charge in [-0.15, -0.1) is 0 Å². The van der Waals surface area contributed by atoms with Crippen LogP contribution in [0.1, 0.15) is 11.1 Å². The third-order valence-corrected chi connectivity index (χ3v) is 5.16. The zero-order chi connectivity index (χ0) is 17.1. The second-order valence-corrected chi connectivity index (χ2v) is 6.82. The quantitative estimate of drug-likeness (QED) is 0.853. The lowest BCUT2D eigenvalue weighted by atomic mass is 10.2. The van der Waals surface area contributed by atoms with Crippen LogP contribution in [-0.4, -0.2) is 60.0 Å². The van der Waals surface area contributed by atoms with Gasteiger partial charge in [0.2, 0.25) is 5.91 Å². The maximum Gasteiger partial charge on any atom is 0.242 e. The Labute approximate surface area is 148 Å². The Morgan fingerprint density at radius 1 is 1.00 bits per heavy atom. The molecule has 25 heavy (non-hydrogen) atoms. The molecule has 1 fully saturated rings. The molecule has 5 heteroatoms. The van der Waals surface area contributed by atoms with Crippen molar-refractivity contribution in [3.05, 3.63) is 59.9 Å². The molecule has 0 radical (unpaired) electrons. The van der Waals surface area contributed by atoms with E-state index in [4.69, 9.17) is 0 Å². The zero-order valence-corrected chi connectivity index (χ0v) is 14.5. The van der Waals surface area contributed by atoms with Gasteiger partial charge in [-0.05, 0) is 29.7 Å². The summed E-state index contributed by atoms with van der Waals surface area (Å²) in [6.45, 7) is 5.85. The van der Waals surface area contributed by atoms with Crippen molar-refractivity contribution in [3.8, 4) is 0 Å². The predicted molar refractivity (Wildman–Crippen MR) is 98.5 cm³/mol. The molecule has 0 unspecified atom stereocenters. The number of para-hydroxylation sites is 1. The fourth-order valence-electron chi connectivity index (χ4n) is 3.74. The average Bonchev–Trinajstić information content (AvgIpc) is 3.06. The minimum absolute atomic E-state index is 0.248. The Balaban J connectivity index is 1.29. The highest BCUT2D eigenvalue weighted by atomic mass is 16.2. The zero-order valence-electron chi connectivity index (χ0n) is 14.5. The van der Waals surface area contributed by atoms with Crippen molar-refractivity contribution in [2.45, 2.75) is 13.0 Å². The first-order valence-electron chi connectivity index (χ1n) is 9.01. The van der Waals surface area contributed by atoms with Crippen LogP contribution in [0.2, 0.25) is 0 Å². The van der Waals surface area contributed by atoms with Crippen LogP contribution in [0.25, 0.3) is 0 Å². The summed E-state index contributed by atoms with van der Waals surface area (Å²) in [5, 5.41) is 0. The molecule has 2 aliphatic rings. The highest BCUT2D eigenvalue weighted by molar-refractivity contribution is 5.82. The van der Waals surface area contributed by atoms with E-state index >= 15 is 0 Å². The fraction of sp³-hybridized carbons (Fsp3) is 0.400. The number of hydrogen-bond donors (Lipinski definition) is 0. The minimum Gasteiger partial charge on any atom is -0.362 e. The molecule has 0 spiro atoms. The summed E-state index contributed by atoms with van der Waals surface area (Å²) < 4.78 is 0. The number of carbonyl (C=O) groups is 1. The van der Waals surface area contributed by atoms with Crippen LogP contribution < -0.4 is 4.90 Å². The Bertz CT molecular complexity index is 725. The van der Waals surface area contributed by atoms with Crippen LogP contribution in [0.15, 0.2) is 48.8 Å². The minimum atomic E-state index is 0.248. The first-order chi connectivity index (χ1) is 12.3. The highest BCUT2D eigenvalue weighted by Gasteiger charge is 2.25. The molecule has 2 aliphatic heterocycles. The van der Waals surface area contributed by atoms with E-state index in [1.54, 1.807) is 6.20 Å². The predicted octanol–water partition coefficient (Wildman–Crippen LogP) is 1.79. The number of nitrogens with zero attached hydrogens (tertiary/aromatic N) is 4. The number of anilines is 1. The first kappa shape index (κ1) is 16.1. The molecule has 0 aliphatic carbocycles. The SMILES string of the molecule is O=C(CN1CCc2ccccc21)N1CCN(Cc2cccnc2)CC1. The van der Waals surface area contributed by atoms with Crippen LogP contribution >= 0.6 is 0 Å². The molecule has 1 saturated heterocycles. The lowest BCUT2D eigenvalue weighted by molar-refractivity contribution is -0.131. The molecular weight excluding hydrogens is 312 g/mol. The number of aromatic nitrogens is 1. The van der Waals surface area contributed by atoms with Gasteiger partial charge < -0.3 is 9.80 Å². The van der Waals surface area contributed by atoms with Crippen LogP contribution in [-0.2, 0) is 17.8 Å². The molecular formula is C20H24N4O. The molecule has 1 aromatic heterocycles. The lowest BCUT2D eigenvalue weighted by Crippen LogP contribution is -2.50. The number of benzene rings is 1. The molecule has 1 aromatic carbocycles. The summed E-state index contributed by atoms with van der Waals surface area (Å²) in [7, 11) is 0. The summed E-state index contributed by atoms with van der Waals surface area (Å²) in [4.78, 5) is 23.5. The lowest BCUT2D eigenvalue weighted by Gasteiger charge is -2.35. The van der Waals surface area contributed by atoms with Gasteiger partial charge in [0.05, 0.1) is 6.54 Å². The van der Waals surface area contributed by atoms with E-state index in [0.29, 0.717) is 6.54 Å². The van der Waals surface area contributed by atoms with Gasteiger partial charge in [-0.1, -0.05) is 24.3 Å². The molecule has 3 heterocycles. The maximum absolute atomic E-state index is 12.7. The Hall–Kier alpha value is -2.40. The fourth-order valence-corrected chi connectivity index (χ4v) is 3.74. The van der Waals surface area contributed by atoms with E-state index in [0.717, 1.165) is 45.7 Å². The topological polar surface area (TPSA) is 39.7 Å². The van der Waals surface area contributed by atoms with Gasteiger partial charge in [0.15, 0.2) is 0 Å². The van der Waals surface area contributed by atoms with Crippen LogP contribution in [0.3, 0.4) is 0 Å². The molecule has 2 aromatic rings. The molecule has 5 nitrogen and oxygen atoms in total. The van der Waals surface area contributed by atoms with Gasteiger partial charge in [-0.2, -0.15) is 0 Å². The largest absolute Gasteiger partial charge is 0.362 e. The van der Waals surface area contributed by atoms with Gasteiger partial charge in [0.25, 0.3) is 0 Å². The van der Waals surface area contributed by atoms with E-state index in [1.165, 1.54) is 16.8 Å². The van der Waals surface area contributed by atoms with Crippen LogP contribution in [0.4, 0.5) is 5.69 Å². The van der Waals surface area contributed by atoms with E-state index in [1.807, 2.05) is 17.2 Å². The summed E-state index contributed by atoms with van der Waals surface area (Å²) in [5.74, 6) is 0.248. The van der Waals surface area contributed by atoms with E-state index in [-0.39, 0.29) is 5.91 Å². The Kier molecular flexibility index (Phi) is 4.65. The molecule has 0 saturated carbocycles. The Morgan fingerprint density at radius 3 is 2.64 bits per heavy atom. The average molecular weight is 336 g/mol. The maximum atomic E-state index is 12.7. The van der Waals surface area contributed by atoms with Crippen LogP contribution in [0, 0.1) is 0 Å². The molecule has 0 bridgehead atoms. The van der Waals surface area contributed by atoms with Gasteiger partial charge >= 0.3 is 0 Å². The number of carbonyl (C=O) groups excluding carboxylic acids is 1. The van der Waals surface area contributed by atoms with Crippen molar-refractivity contribution in [2.24, 2.45) is 0 Å². The summed E-state index contributed by atoms with van der Waals surface area (Å²) in [5.41, 5.74) is 3.82. The third kappa shape index (κ3) is 3.66. The van der Waals surface area contributed by atoms with Crippen molar-refractivity contribution in [1.82, 2.24) is 14.8 Å². The molecule has 1 amide bonds. The molecule has 130 valence electrons. The van der Waals surface area contributed by atoms with Crippen molar-refractivity contribution < 1.29 is 4.79 Å². The van der Waals surface area contributed by atoms with Gasteiger partial charge in [-0.25, -0.2) is 0 Å². The highest BCUT2D eigenvalue weighted by Crippen LogP contribution is 2.27. The second kappa shape index (κ2) is 7.23. The van der Waals surface area contributed by atoms with Crippen LogP contribution in [0.5, 0.6) is 0 Å². The van der Waals surface area contributed by atoms with Gasteiger partial charge in [0.1, 0.15) is 0 Å². The molecule has 4 rings (SSSR count). The van der Waals surface area contributed by atoms with Gasteiger partial charge in [0, 0.05) is 57.3 Å². The number of rotatable bonds is 4.